The Morgan fingerprint density at radius 1 is 0.957 bits per heavy atom. The van der Waals surface area contributed by atoms with Crippen LogP contribution in [0.2, 0.25) is 0 Å². The van der Waals surface area contributed by atoms with E-state index in [4.69, 9.17) is 5.73 Å². The van der Waals surface area contributed by atoms with Crippen molar-refractivity contribution in [2.75, 3.05) is 12.3 Å². The smallest absolute Gasteiger partial charge is 0.333 e. The third-order valence-electron chi connectivity index (χ3n) is 11.5. The van der Waals surface area contributed by atoms with Gasteiger partial charge in [-0.25, -0.2) is 18.0 Å². The Balaban J connectivity index is 1.55. The number of likely N-dealkylation sites (tertiary alicyclic amines) is 1. The lowest BCUT2D eigenvalue weighted by Crippen LogP contribution is -2.98. The molecule has 1 unspecified atom stereocenters. The molecule has 4 rings (SSSR count). The van der Waals surface area contributed by atoms with E-state index in [9.17, 15) is 32.4 Å². The van der Waals surface area contributed by atoms with E-state index in [0.717, 1.165) is 38.5 Å². The molecule has 1 heterocycles. The van der Waals surface area contributed by atoms with Gasteiger partial charge in [-0.15, -0.1) is 0 Å². The number of urea groups is 1. The number of ketones is 1. The summed E-state index contributed by atoms with van der Waals surface area (Å²) in [6.07, 6.45) is 6.85. The Kier molecular flexibility index (Phi) is 10.4. The van der Waals surface area contributed by atoms with Crippen LogP contribution >= 0.6 is 0 Å². The summed E-state index contributed by atoms with van der Waals surface area (Å²) < 4.78 is 25.6. The third kappa shape index (κ3) is 7.86. The van der Waals surface area contributed by atoms with Gasteiger partial charge < -0.3 is 21.3 Å². The number of fused-ring (bicyclic) bond motifs is 1. The van der Waals surface area contributed by atoms with Gasteiger partial charge in [0.05, 0.1) is 16.0 Å². The number of hydrogen-bond donors (Lipinski definition) is 4. The molecule has 12 nitrogen and oxygen atoms in total. The van der Waals surface area contributed by atoms with Crippen LogP contribution in [0.25, 0.3) is 0 Å². The number of sulfone groups is 1. The molecule has 0 aromatic heterocycles. The van der Waals surface area contributed by atoms with Crippen LogP contribution in [0.4, 0.5) is 4.79 Å². The molecule has 3 saturated carbocycles. The highest BCUT2D eigenvalue weighted by molar-refractivity contribution is 7.92. The number of hydrogen-bond acceptors (Lipinski definition) is 7. The number of piperidine rings is 1. The van der Waals surface area contributed by atoms with Crippen LogP contribution in [0.3, 0.4) is 0 Å². The number of Topliss-reactive ketones (excluding diaryl/α,β-unsaturated/α-hetero) is 1. The van der Waals surface area contributed by atoms with E-state index in [2.05, 4.69) is 24.5 Å². The van der Waals surface area contributed by atoms with Gasteiger partial charge in [0.2, 0.25) is 5.91 Å². The van der Waals surface area contributed by atoms with Gasteiger partial charge in [0.15, 0.2) is 21.9 Å². The van der Waals surface area contributed by atoms with Crippen molar-refractivity contribution in [1.82, 2.24) is 15.5 Å². The van der Waals surface area contributed by atoms with Gasteiger partial charge in [-0.3, -0.25) is 19.7 Å². The summed E-state index contributed by atoms with van der Waals surface area (Å²) in [4.78, 5) is 68.3. The number of nitrogens with one attached hydrogen (secondary N) is 2. The lowest BCUT2D eigenvalue weighted by Gasteiger charge is -2.41. The van der Waals surface area contributed by atoms with Gasteiger partial charge in [-0.2, -0.15) is 0 Å². The summed E-state index contributed by atoms with van der Waals surface area (Å²) in [5.41, 5.74) is 3.47. The first-order valence-electron chi connectivity index (χ1n) is 17.3. The average Bonchev–Trinajstić information content (AvgIpc) is 3.23. The standard InChI is InChI=1S/C34H57N5O7S/c1-31(2,3)26(37-30(44)38-34(15-10-9-11-16-34)19-47(45,46)32(4,5)6)29(43)39-18-21-23(33(21,7)8)24(39)28(42)36-22(25(40)27(35)41)17-20-13-12-14-20/h20-24,26H,9-19H2,1-8H3,(H2,35,41)(H,36,42)(H2,37,38,44)/p+1/t21-,22?,23-,24-,26+/m0/s1. The molecule has 5 amide bonds. The molecule has 5 atom stereocenters. The molecule has 0 aromatic carbocycles. The zero-order valence-corrected chi connectivity index (χ0v) is 30.4. The second-order valence-corrected chi connectivity index (χ2v) is 20.2. The first-order chi connectivity index (χ1) is 21.5. The van der Waals surface area contributed by atoms with Crippen molar-refractivity contribution < 1.29 is 37.7 Å². The van der Waals surface area contributed by atoms with Crippen LogP contribution in [-0.2, 0) is 29.0 Å². The van der Waals surface area contributed by atoms with Gasteiger partial charge in [0.25, 0.3) is 11.7 Å². The van der Waals surface area contributed by atoms with Crippen LogP contribution in [0, 0.1) is 28.6 Å². The molecule has 13 heteroatoms. The van der Waals surface area contributed by atoms with Crippen LogP contribution in [0.1, 0.15) is 113 Å². The summed E-state index contributed by atoms with van der Waals surface area (Å²) in [5, 5.41) is 7.20. The Bertz CT molecular complexity index is 1370. The van der Waals surface area contributed by atoms with Crippen LogP contribution in [0.5, 0.6) is 0 Å². The molecule has 1 saturated heterocycles. The lowest BCUT2D eigenvalue weighted by atomic mass is 9.80. The number of nitrogens with two attached hydrogens (primary N) is 2. The van der Waals surface area contributed by atoms with Crippen molar-refractivity contribution in [3.63, 3.8) is 0 Å². The number of carbonyl (C=O) groups excluding carboxylic acids is 5. The number of amides is 5. The molecule has 1 aliphatic heterocycles. The summed E-state index contributed by atoms with van der Waals surface area (Å²) in [5.74, 6) is -2.62. The predicted octanol–water partition coefficient (Wildman–Crippen LogP) is 1.80. The minimum atomic E-state index is -3.56. The molecule has 4 aliphatic rings. The lowest BCUT2D eigenvalue weighted by molar-refractivity contribution is -0.596. The second-order valence-electron chi connectivity index (χ2n) is 17.4. The Labute approximate surface area is 280 Å². The first kappa shape index (κ1) is 37.3. The van der Waals surface area contributed by atoms with Gasteiger partial charge in [-0.1, -0.05) is 73.1 Å². The highest BCUT2D eigenvalue weighted by atomic mass is 32.2. The fourth-order valence-electron chi connectivity index (χ4n) is 7.99. The maximum atomic E-state index is 14.4. The predicted molar refractivity (Wildman–Crippen MR) is 177 cm³/mol. The van der Waals surface area contributed by atoms with E-state index in [1.54, 1.807) is 25.7 Å². The summed E-state index contributed by atoms with van der Waals surface area (Å²) >= 11 is 0. The van der Waals surface area contributed by atoms with Crippen LogP contribution < -0.4 is 21.7 Å². The normalized spacial score (nSPS) is 26.7. The molecule has 0 spiro atoms. The van der Waals surface area contributed by atoms with Crippen molar-refractivity contribution in [2.45, 2.75) is 142 Å². The van der Waals surface area contributed by atoms with E-state index < -0.39 is 67.3 Å². The SMILES string of the molecule is CC(C)(C)[C@H](NC(=O)NC1(CS(=O)(=O)C(C)(C)C)CCCCC1)C(=O)N1C[C@H]2[C@@H]([C@H]1C(=O)[NH2+]C(CC1CCC1)C(=O)C(N)=O)C2(C)C. The largest absolute Gasteiger partial charge is 0.363 e. The summed E-state index contributed by atoms with van der Waals surface area (Å²) in [6.45, 7) is 14.9. The monoisotopic (exact) mass is 680 g/mol. The van der Waals surface area contributed by atoms with Crippen LogP contribution in [-0.4, -0.2) is 83.6 Å². The minimum absolute atomic E-state index is 0.0771. The fourth-order valence-corrected chi connectivity index (χ4v) is 9.52. The molecule has 6 N–H and O–H groups in total. The molecular weight excluding hydrogens is 622 g/mol. The summed E-state index contributed by atoms with van der Waals surface area (Å²) in [6, 6.07) is -3.39. The molecule has 4 fully saturated rings. The van der Waals surface area contributed by atoms with Crippen molar-refractivity contribution >= 4 is 39.4 Å². The first-order valence-corrected chi connectivity index (χ1v) is 19.0. The van der Waals surface area contributed by atoms with Gasteiger partial charge in [0.1, 0.15) is 6.04 Å². The number of quaternary nitrogens is 1. The molecular formula is C34H58N5O7S+. The van der Waals surface area contributed by atoms with Gasteiger partial charge in [-0.05, 0) is 56.3 Å². The number of carbonyl (C=O) groups is 5. The maximum Gasteiger partial charge on any atom is 0.333 e. The Morgan fingerprint density at radius 3 is 2.04 bits per heavy atom. The number of rotatable bonds is 11. The fraction of sp³-hybridized carbons (Fsp3) is 0.853. The third-order valence-corrected chi connectivity index (χ3v) is 14.3. The van der Waals surface area contributed by atoms with Crippen molar-refractivity contribution in [3.8, 4) is 0 Å². The number of primary amides is 2. The summed E-state index contributed by atoms with van der Waals surface area (Å²) in [7, 11) is -3.56. The van der Waals surface area contributed by atoms with Gasteiger partial charge in [0, 0.05) is 18.9 Å². The molecule has 266 valence electrons. The van der Waals surface area contributed by atoms with E-state index in [0.29, 0.717) is 25.8 Å². The second kappa shape index (κ2) is 13.1. The van der Waals surface area contributed by atoms with Crippen molar-refractivity contribution in [2.24, 2.45) is 34.3 Å². The Morgan fingerprint density at radius 2 is 1.55 bits per heavy atom. The Hall–Kier alpha value is -2.54. The van der Waals surface area contributed by atoms with Crippen molar-refractivity contribution in [3.05, 3.63) is 0 Å². The zero-order valence-electron chi connectivity index (χ0n) is 29.6. The van der Waals surface area contributed by atoms with E-state index >= 15 is 0 Å². The molecule has 3 aliphatic carbocycles. The van der Waals surface area contributed by atoms with Crippen LogP contribution in [0.15, 0.2) is 0 Å². The average molecular weight is 681 g/mol. The number of nitrogens with zero attached hydrogens (tertiary/aromatic N) is 1. The highest BCUT2D eigenvalue weighted by Crippen LogP contribution is 2.64. The van der Waals surface area contributed by atoms with E-state index in [-0.39, 0.29) is 34.8 Å². The van der Waals surface area contributed by atoms with E-state index in [1.807, 2.05) is 20.8 Å². The minimum Gasteiger partial charge on any atom is -0.363 e. The van der Waals surface area contributed by atoms with Gasteiger partial charge >= 0.3 is 11.9 Å². The molecule has 0 aromatic rings. The van der Waals surface area contributed by atoms with E-state index in [1.165, 1.54) is 5.32 Å². The molecule has 0 bridgehead atoms. The quantitative estimate of drug-likeness (QED) is 0.239. The topological polar surface area (TPSA) is 189 Å². The molecule has 47 heavy (non-hydrogen) atoms. The molecule has 0 radical (unpaired) electrons. The highest BCUT2D eigenvalue weighted by Gasteiger charge is 2.71. The van der Waals surface area contributed by atoms with Crippen molar-refractivity contribution in [1.29, 1.82) is 0 Å². The zero-order chi connectivity index (χ0) is 35.3. The maximum absolute atomic E-state index is 14.4.